The van der Waals surface area contributed by atoms with E-state index in [0.717, 1.165) is 19.6 Å². The lowest BCUT2D eigenvalue weighted by atomic mass is 10.0. The average Bonchev–Trinajstić information content (AvgIpc) is 2.26. The van der Waals surface area contributed by atoms with Crippen molar-refractivity contribution in [1.29, 1.82) is 0 Å². The van der Waals surface area contributed by atoms with Crippen LogP contribution in [0.3, 0.4) is 0 Å². The van der Waals surface area contributed by atoms with Crippen molar-refractivity contribution in [2.45, 2.75) is 32.2 Å². The maximum atomic E-state index is 11.4. The lowest BCUT2D eigenvalue weighted by Gasteiger charge is -2.29. The van der Waals surface area contributed by atoms with Gasteiger partial charge in [0.25, 0.3) is 0 Å². The van der Waals surface area contributed by atoms with Crippen molar-refractivity contribution in [3.05, 3.63) is 0 Å². The van der Waals surface area contributed by atoms with Crippen molar-refractivity contribution in [2.24, 2.45) is 0 Å². The summed E-state index contributed by atoms with van der Waals surface area (Å²) in [6.07, 6.45) is 3.74. The second kappa shape index (κ2) is 5.86. The van der Waals surface area contributed by atoms with Gasteiger partial charge in [0.1, 0.15) is 0 Å². The van der Waals surface area contributed by atoms with Crippen LogP contribution in [0.1, 0.15) is 26.2 Å². The second-order valence-corrected chi connectivity index (χ2v) is 3.74. The zero-order valence-electron chi connectivity index (χ0n) is 9.18. The molecule has 0 aromatic heterocycles. The summed E-state index contributed by atoms with van der Waals surface area (Å²) in [4.78, 5) is 13.3. The summed E-state index contributed by atoms with van der Waals surface area (Å²) in [5.41, 5.74) is 0. The van der Waals surface area contributed by atoms with Crippen molar-refractivity contribution in [1.82, 2.24) is 15.5 Å². The van der Waals surface area contributed by atoms with Crippen LogP contribution in [0.5, 0.6) is 0 Å². The first kappa shape index (κ1) is 11.3. The summed E-state index contributed by atoms with van der Waals surface area (Å²) in [7, 11) is 1.68. The van der Waals surface area contributed by atoms with Gasteiger partial charge in [0, 0.05) is 26.2 Å². The molecule has 4 heteroatoms. The Morgan fingerprint density at radius 1 is 1.57 bits per heavy atom. The molecule has 1 unspecified atom stereocenters. The van der Waals surface area contributed by atoms with E-state index in [2.05, 4.69) is 10.6 Å². The summed E-state index contributed by atoms with van der Waals surface area (Å²) < 4.78 is 0. The van der Waals surface area contributed by atoms with Gasteiger partial charge in [-0.2, -0.15) is 0 Å². The van der Waals surface area contributed by atoms with Crippen LogP contribution in [0.2, 0.25) is 0 Å². The Kier molecular flexibility index (Phi) is 4.73. The molecule has 0 bridgehead atoms. The van der Waals surface area contributed by atoms with Gasteiger partial charge in [-0.3, -0.25) is 0 Å². The second-order valence-electron chi connectivity index (χ2n) is 3.74. The number of likely N-dealkylation sites (N-methyl/N-ethyl adjacent to an activating group) is 1. The molecule has 1 atom stereocenters. The van der Waals surface area contributed by atoms with E-state index in [-0.39, 0.29) is 6.03 Å². The molecule has 82 valence electrons. The van der Waals surface area contributed by atoms with Gasteiger partial charge in [-0.25, -0.2) is 4.79 Å². The van der Waals surface area contributed by atoms with E-state index >= 15 is 0 Å². The number of hydrogen-bond donors (Lipinski definition) is 2. The van der Waals surface area contributed by atoms with E-state index in [0.29, 0.717) is 6.04 Å². The van der Waals surface area contributed by atoms with Crippen LogP contribution in [0.25, 0.3) is 0 Å². The van der Waals surface area contributed by atoms with Crippen molar-refractivity contribution in [3.8, 4) is 0 Å². The van der Waals surface area contributed by atoms with E-state index in [1.165, 1.54) is 19.3 Å². The third kappa shape index (κ3) is 3.18. The predicted octanol–water partition coefficient (Wildman–Crippen LogP) is 0.790. The highest BCUT2D eigenvalue weighted by molar-refractivity contribution is 5.73. The summed E-state index contributed by atoms with van der Waals surface area (Å²) >= 11 is 0. The standard InChI is InChI=1S/C10H21N3O/c1-3-13(10(14)11-2)8-9-6-4-5-7-12-9/h9,12H,3-8H2,1-2H3,(H,11,14). The normalized spacial score (nSPS) is 21.7. The Morgan fingerprint density at radius 2 is 2.36 bits per heavy atom. The highest BCUT2D eigenvalue weighted by atomic mass is 16.2. The molecule has 1 fully saturated rings. The van der Waals surface area contributed by atoms with Crippen LogP contribution in [-0.4, -0.2) is 43.7 Å². The molecule has 0 spiro atoms. The number of amides is 2. The van der Waals surface area contributed by atoms with Crippen LogP contribution < -0.4 is 10.6 Å². The van der Waals surface area contributed by atoms with Gasteiger partial charge in [-0.1, -0.05) is 6.42 Å². The number of piperidine rings is 1. The van der Waals surface area contributed by atoms with Gasteiger partial charge in [0.05, 0.1) is 0 Å². The SMILES string of the molecule is CCN(CC1CCCCN1)C(=O)NC. The summed E-state index contributed by atoms with van der Waals surface area (Å²) in [5, 5.41) is 6.11. The third-order valence-electron chi connectivity index (χ3n) is 2.74. The Bertz CT molecular complexity index is 178. The minimum atomic E-state index is 0.0277. The zero-order valence-corrected chi connectivity index (χ0v) is 9.18. The largest absolute Gasteiger partial charge is 0.341 e. The summed E-state index contributed by atoms with van der Waals surface area (Å²) in [5.74, 6) is 0. The lowest BCUT2D eigenvalue weighted by Crippen LogP contribution is -2.48. The Morgan fingerprint density at radius 3 is 2.86 bits per heavy atom. The molecule has 2 N–H and O–H groups in total. The predicted molar refractivity (Wildman–Crippen MR) is 57.3 cm³/mol. The highest BCUT2D eigenvalue weighted by Crippen LogP contribution is 2.08. The molecule has 0 aromatic rings. The van der Waals surface area contributed by atoms with Gasteiger partial charge in [-0.05, 0) is 26.3 Å². The number of nitrogens with one attached hydrogen (secondary N) is 2. The van der Waals surface area contributed by atoms with E-state index < -0.39 is 0 Å². The summed E-state index contributed by atoms with van der Waals surface area (Å²) in [6.45, 7) is 4.71. The molecule has 2 amide bonds. The monoisotopic (exact) mass is 199 g/mol. The fourth-order valence-corrected chi connectivity index (χ4v) is 1.86. The minimum Gasteiger partial charge on any atom is -0.341 e. The van der Waals surface area contributed by atoms with Crippen molar-refractivity contribution in [2.75, 3.05) is 26.7 Å². The van der Waals surface area contributed by atoms with Crippen LogP contribution in [0.4, 0.5) is 4.79 Å². The van der Waals surface area contributed by atoms with Gasteiger partial charge >= 0.3 is 6.03 Å². The lowest BCUT2D eigenvalue weighted by molar-refractivity contribution is 0.192. The number of rotatable bonds is 3. The quantitative estimate of drug-likeness (QED) is 0.706. The molecule has 1 saturated heterocycles. The third-order valence-corrected chi connectivity index (χ3v) is 2.74. The molecule has 1 rings (SSSR count). The molecule has 0 radical (unpaired) electrons. The molecular formula is C10H21N3O. The average molecular weight is 199 g/mol. The zero-order chi connectivity index (χ0) is 10.4. The Balaban J connectivity index is 2.34. The molecule has 1 heterocycles. The molecule has 1 aliphatic heterocycles. The Labute approximate surface area is 86.0 Å². The van der Waals surface area contributed by atoms with Crippen LogP contribution in [-0.2, 0) is 0 Å². The van der Waals surface area contributed by atoms with Crippen LogP contribution in [0.15, 0.2) is 0 Å². The molecule has 0 aliphatic carbocycles. The molecule has 4 nitrogen and oxygen atoms in total. The number of urea groups is 1. The van der Waals surface area contributed by atoms with Gasteiger partial charge in [-0.15, -0.1) is 0 Å². The maximum Gasteiger partial charge on any atom is 0.317 e. The topological polar surface area (TPSA) is 44.4 Å². The van der Waals surface area contributed by atoms with E-state index in [1.54, 1.807) is 7.05 Å². The first-order chi connectivity index (χ1) is 6.77. The van der Waals surface area contributed by atoms with Crippen LogP contribution in [0, 0.1) is 0 Å². The number of carbonyl (C=O) groups is 1. The Hall–Kier alpha value is -0.770. The number of hydrogen-bond acceptors (Lipinski definition) is 2. The molecule has 0 saturated carbocycles. The van der Waals surface area contributed by atoms with Gasteiger partial charge < -0.3 is 15.5 Å². The van der Waals surface area contributed by atoms with E-state index in [9.17, 15) is 4.79 Å². The number of carbonyl (C=O) groups excluding carboxylic acids is 1. The molecular weight excluding hydrogens is 178 g/mol. The molecule has 1 aliphatic rings. The van der Waals surface area contributed by atoms with Gasteiger partial charge in [0.2, 0.25) is 0 Å². The van der Waals surface area contributed by atoms with Crippen molar-refractivity contribution < 1.29 is 4.79 Å². The van der Waals surface area contributed by atoms with Crippen LogP contribution >= 0.6 is 0 Å². The first-order valence-corrected chi connectivity index (χ1v) is 5.48. The van der Waals surface area contributed by atoms with E-state index in [1.807, 2.05) is 11.8 Å². The minimum absolute atomic E-state index is 0.0277. The number of nitrogens with zero attached hydrogens (tertiary/aromatic N) is 1. The molecule has 14 heavy (non-hydrogen) atoms. The maximum absolute atomic E-state index is 11.4. The fraction of sp³-hybridized carbons (Fsp3) is 0.900. The van der Waals surface area contributed by atoms with Crippen molar-refractivity contribution in [3.63, 3.8) is 0 Å². The highest BCUT2D eigenvalue weighted by Gasteiger charge is 2.18. The van der Waals surface area contributed by atoms with Gasteiger partial charge in [0.15, 0.2) is 0 Å². The summed E-state index contributed by atoms with van der Waals surface area (Å²) in [6, 6.07) is 0.515. The smallest absolute Gasteiger partial charge is 0.317 e. The molecule has 0 aromatic carbocycles. The van der Waals surface area contributed by atoms with Crippen molar-refractivity contribution >= 4 is 6.03 Å². The first-order valence-electron chi connectivity index (χ1n) is 5.48. The fourth-order valence-electron chi connectivity index (χ4n) is 1.86. The van der Waals surface area contributed by atoms with E-state index in [4.69, 9.17) is 0 Å².